The van der Waals surface area contributed by atoms with Gasteiger partial charge in [0.05, 0.1) is 0 Å². The van der Waals surface area contributed by atoms with Gasteiger partial charge in [-0.15, -0.1) is 0 Å². The summed E-state index contributed by atoms with van der Waals surface area (Å²) in [7, 11) is -3.34. The highest BCUT2D eigenvalue weighted by Crippen LogP contribution is 2.14. The van der Waals surface area contributed by atoms with E-state index in [0.717, 1.165) is 6.41 Å². The van der Waals surface area contributed by atoms with E-state index in [9.17, 15) is 9.36 Å². The van der Waals surface area contributed by atoms with Gasteiger partial charge in [0.1, 0.15) is 0 Å². The van der Waals surface area contributed by atoms with Gasteiger partial charge in [-0.3, -0.25) is 25.5 Å². The average Bonchev–Trinajstić information content (AvgIpc) is 1.30. The summed E-state index contributed by atoms with van der Waals surface area (Å²) in [5.41, 5.74) is 9.21. The second kappa shape index (κ2) is 2.07. The molecule has 0 aromatic carbocycles. The smallest absolute Gasteiger partial charge is 0.275 e. The van der Waals surface area contributed by atoms with E-state index in [1.165, 1.54) is 0 Å². The molecule has 0 atom stereocenters. The third-order valence-corrected chi connectivity index (χ3v) is 0.661. The minimum absolute atomic E-state index is 1.09. The van der Waals surface area contributed by atoms with E-state index in [2.05, 4.69) is 11.0 Å². The topological polar surface area (TPSA) is 98.2 Å². The van der Waals surface area contributed by atoms with Gasteiger partial charge in [-0.05, 0) is 0 Å². The number of hydrogen-bond acceptors (Lipinski definition) is 2. The van der Waals surface area contributed by atoms with E-state index in [1.54, 1.807) is 5.09 Å². The van der Waals surface area contributed by atoms with E-state index >= 15 is 0 Å². The predicted octanol–water partition coefficient (Wildman–Crippen LogP) is -1.33. The van der Waals surface area contributed by atoms with Crippen molar-refractivity contribution >= 4 is 14.0 Å². The quantitative estimate of drug-likeness (QED) is 0.312. The van der Waals surface area contributed by atoms with Crippen molar-refractivity contribution in [2.75, 3.05) is 0 Å². The van der Waals surface area contributed by atoms with Gasteiger partial charge in [0.15, 0.2) is 0 Å². The maximum atomic E-state index is 10.00. The van der Waals surface area contributed by atoms with Gasteiger partial charge in [-0.25, -0.2) is 0 Å². The van der Waals surface area contributed by atoms with Crippen LogP contribution in [0.5, 0.6) is 0 Å². The van der Waals surface area contributed by atoms with Gasteiger partial charge in [-0.1, -0.05) is 0 Å². The fraction of sp³-hybridized carbons (Fsp3) is 0. The third-order valence-electron chi connectivity index (χ3n) is 0.220. The molecule has 0 heterocycles. The molecule has 0 aliphatic heterocycles. The van der Waals surface area contributed by atoms with E-state index in [4.69, 9.17) is 0 Å². The van der Waals surface area contributed by atoms with Crippen molar-refractivity contribution in [3.05, 3.63) is 0 Å². The Labute approximate surface area is 40.6 Å². The number of nitrogens with one attached hydrogen (secondary N) is 1. The van der Waals surface area contributed by atoms with E-state index in [0.29, 0.717) is 0 Å². The molecule has 0 aromatic rings. The maximum Gasteiger partial charge on any atom is 0.316 e. The SMILES string of the molecule is NP(N)(=O)N[C]=O. The Morgan fingerprint density at radius 1 is 1.57 bits per heavy atom. The summed E-state index contributed by atoms with van der Waals surface area (Å²) < 4.78 is 10.00. The van der Waals surface area contributed by atoms with Crippen LogP contribution in [0.1, 0.15) is 0 Å². The van der Waals surface area contributed by atoms with Crippen LogP contribution in [-0.4, -0.2) is 6.41 Å². The molecule has 0 spiro atoms. The molecule has 1 amide bonds. The zero-order valence-corrected chi connectivity index (χ0v) is 4.31. The Hall–Kier alpha value is -0.380. The molecule has 6 heteroatoms. The Morgan fingerprint density at radius 2 is 2.00 bits per heavy atom. The van der Waals surface area contributed by atoms with E-state index < -0.39 is 7.59 Å². The van der Waals surface area contributed by atoms with Crippen molar-refractivity contribution in [1.29, 1.82) is 0 Å². The van der Waals surface area contributed by atoms with Gasteiger partial charge in [0.2, 0.25) is 0 Å². The van der Waals surface area contributed by atoms with Crippen molar-refractivity contribution in [1.82, 2.24) is 5.09 Å². The van der Waals surface area contributed by atoms with Crippen LogP contribution >= 0.6 is 7.59 Å². The van der Waals surface area contributed by atoms with Gasteiger partial charge >= 0.3 is 14.0 Å². The molecule has 0 saturated carbocycles. The molecule has 0 fully saturated rings. The molecular formula is CH5N3O2P. The van der Waals surface area contributed by atoms with E-state index in [-0.39, 0.29) is 0 Å². The zero-order valence-electron chi connectivity index (χ0n) is 3.42. The fourth-order valence-electron chi connectivity index (χ4n) is 0.0713. The first-order valence-corrected chi connectivity index (χ1v) is 3.22. The van der Waals surface area contributed by atoms with Crippen molar-refractivity contribution in [3.8, 4) is 0 Å². The molecule has 0 bridgehead atoms. The highest BCUT2D eigenvalue weighted by molar-refractivity contribution is 7.57. The first-order chi connectivity index (χ1) is 3.06. The molecule has 0 rings (SSSR count). The van der Waals surface area contributed by atoms with Crippen molar-refractivity contribution < 1.29 is 9.36 Å². The molecule has 41 valence electrons. The van der Waals surface area contributed by atoms with Crippen molar-refractivity contribution in [2.24, 2.45) is 11.0 Å². The number of hydrogen-bond donors (Lipinski definition) is 3. The lowest BCUT2D eigenvalue weighted by Crippen LogP contribution is -2.20. The highest BCUT2D eigenvalue weighted by atomic mass is 31.2. The molecule has 5 N–H and O–H groups in total. The van der Waals surface area contributed by atoms with Crippen molar-refractivity contribution in [3.63, 3.8) is 0 Å². The first kappa shape index (κ1) is 6.62. The van der Waals surface area contributed by atoms with Crippen LogP contribution < -0.4 is 16.1 Å². The molecule has 0 saturated heterocycles. The fourth-order valence-corrected chi connectivity index (χ4v) is 0.214. The van der Waals surface area contributed by atoms with Crippen LogP contribution in [0.3, 0.4) is 0 Å². The third kappa shape index (κ3) is 5.62. The molecule has 0 unspecified atom stereocenters. The predicted molar refractivity (Wildman–Crippen MR) is 24.8 cm³/mol. The van der Waals surface area contributed by atoms with Crippen LogP contribution in [0.25, 0.3) is 0 Å². The monoisotopic (exact) mass is 122 g/mol. The summed E-state index contributed by atoms with van der Waals surface area (Å²) in [6, 6.07) is 0. The molecule has 0 aliphatic carbocycles. The highest BCUT2D eigenvalue weighted by Gasteiger charge is 2.02. The van der Waals surface area contributed by atoms with Crippen molar-refractivity contribution in [2.45, 2.75) is 0 Å². The van der Waals surface area contributed by atoms with Crippen LogP contribution in [0, 0.1) is 0 Å². The van der Waals surface area contributed by atoms with Gasteiger partial charge in [0, 0.05) is 0 Å². The second-order valence-corrected chi connectivity index (χ2v) is 2.57. The molecular weight excluding hydrogens is 117 g/mol. The summed E-state index contributed by atoms with van der Waals surface area (Å²) in [6.07, 6.45) is 1.09. The van der Waals surface area contributed by atoms with Crippen LogP contribution in [0.4, 0.5) is 0 Å². The van der Waals surface area contributed by atoms with Gasteiger partial charge in [0.25, 0.3) is 0 Å². The summed E-state index contributed by atoms with van der Waals surface area (Å²) in [5, 5.41) is 1.59. The Kier molecular flexibility index (Phi) is 1.95. The molecule has 5 nitrogen and oxygen atoms in total. The first-order valence-electron chi connectivity index (χ1n) is 1.38. The van der Waals surface area contributed by atoms with E-state index in [1.807, 2.05) is 0 Å². The lowest BCUT2D eigenvalue weighted by molar-refractivity contribution is 0.545. The van der Waals surface area contributed by atoms with Gasteiger partial charge < -0.3 is 0 Å². The Balaban J connectivity index is 3.57. The average molecular weight is 122 g/mol. The molecule has 0 aliphatic rings. The Bertz CT molecular complexity index is 106. The lowest BCUT2D eigenvalue weighted by Gasteiger charge is -1.98. The summed E-state index contributed by atoms with van der Waals surface area (Å²) in [5.74, 6) is 0. The maximum absolute atomic E-state index is 10.00. The molecule has 0 aromatic heterocycles. The van der Waals surface area contributed by atoms with Crippen LogP contribution in [0.2, 0.25) is 0 Å². The standard InChI is InChI=1S/CH5N3O2P/c2-7(3,6)4-1-5/h(H5,2,3,4,5,6). The largest absolute Gasteiger partial charge is 0.316 e. The summed E-state index contributed by atoms with van der Waals surface area (Å²) in [4.78, 5) is 9.25. The number of nitrogens with two attached hydrogens (primary N) is 2. The minimum Gasteiger partial charge on any atom is -0.275 e. The van der Waals surface area contributed by atoms with Crippen LogP contribution in [-0.2, 0) is 9.36 Å². The Morgan fingerprint density at radius 3 is 2.00 bits per heavy atom. The molecule has 1 radical (unpaired) electrons. The summed E-state index contributed by atoms with van der Waals surface area (Å²) in [6.45, 7) is 0. The van der Waals surface area contributed by atoms with Gasteiger partial charge in [-0.2, -0.15) is 0 Å². The number of rotatable bonds is 2. The minimum atomic E-state index is -3.34. The number of carbonyl (C=O) groups excluding carboxylic acids is 1. The zero-order chi connectivity index (χ0) is 5.91. The van der Waals surface area contributed by atoms with Crippen LogP contribution in [0.15, 0.2) is 0 Å². The normalized spacial score (nSPS) is 10.6. The number of amides is 1. The lowest BCUT2D eigenvalue weighted by atomic mass is 11.5. The molecule has 7 heavy (non-hydrogen) atoms. The second-order valence-electron chi connectivity index (χ2n) is 0.923. The summed E-state index contributed by atoms with van der Waals surface area (Å²) >= 11 is 0.